The Labute approximate surface area is 235 Å². The fourth-order valence-corrected chi connectivity index (χ4v) is 6.30. The third-order valence-electron chi connectivity index (χ3n) is 7.41. The minimum Gasteiger partial charge on any atom is -0.490 e. The number of hydrogen-bond acceptors (Lipinski definition) is 6. The summed E-state index contributed by atoms with van der Waals surface area (Å²) in [6.07, 6.45) is 4.07. The van der Waals surface area contributed by atoms with E-state index in [0.717, 1.165) is 42.6 Å². The Balaban J connectivity index is 1.50. The van der Waals surface area contributed by atoms with Crippen molar-refractivity contribution in [1.82, 2.24) is 4.90 Å². The summed E-state index contributed by atoms with van der Waals surface area (Å²) in [4.78, 5) is 41.2. The number of hydrogen-bond donors (Lipinski definition) is 1. The Bertz CT molecular complexity index is 1370. The summed E-state index contributed by atoms with van der Waals surface area (Å²) in [6.45, 7) is 1.80. The first-order chi connectivity index (χ1) is 18.8. The molecule has 0 atom stereocenters. The average molecular weight is 597 g/mol. The largest absolute Gasteiger partial charge is 0.490 e. The van der Waals surface area contributed by atoms with Gasteiger partial charge in [0, 0.05) is 48.3 Å². The molecule has 9 heteroatoms. The van der Waals surface area contributed by atoms with Crippen LogP contribution in [0.3, 0.4) is 0 Å². The van der Waals surface area contributed by atoms with Gasteiger partial charge in [-0.25, -0.2) is 4.39 Å². The number of rotatable bonds is 7. The van der Waals surface area contributed by atoms with Crippen LogP contribution in [0.25, 0.3) is 0 Å². The van der Waals surface area contributed by atoms with Gasteiger partial charge in [0.05, 0.1) is 16.8 Å². The van der Waals surface area contributed by atoms with Crippen LogP contribution in [0, 0.1) is 5.82 Å². The molecule has 2 aliphatic carbocycles. The van der Waals surface area contributed by atoms with Crippen molar-refractivity contribution in [1.29, 1.82) is 0 Å². The second kappa shape index (κ2) is 11.3. The molecule has 0 saturated heterocycles. The molecule has 39 heavy (non-hydrogen) atoms. The molecule has 2 aromatic rings. The standard InChI is InChI=1S/C30H30BrFN2O5/c1-3-38-25-15-17(14-18(31)30(25)39-16-26(37)33-20-9-5-4-8-19(20)32)27-28-21(10-6-12-23(28)35)34(2)22-11-7-13-24(36)29(22)27/h4-5,8-9,14-15,27H,3,6-7,10-13,16H2,1-2H3,(H,33,37). The zero-order chi connectivity index (χ0) is 27.7. The molecule has 1 amide bonds. The number of benzene rings is 2. The van der Waals surface area contributed by atoms with Crippen LogP contribution in [0.1, 0.15) is 56.9 Å². The molecule has 0 radical (unpaired) electrons. The zero-order valence-corrected chi connectivity index (χ0v) is 23.5. The molecule has 1 N–H and O–H groups in total. The average Bonchev–Trinajstić information content (AvgIpc) is 2.91. The number of nitrogens with one attached hydrogen (secondary N) is 1. The smallest absolute Gasteiger partial charge is 0.262 e. The van der Waals surface area contributed by atoms with Crippen LogP contribution in [-0.2, 0) is 14.4 Å². The van der Waals surface area contributed by atoms with Crippen LogP contribution >= 0.6 is 15.9 Å². The molecule has 3 aliphatic rings. The topological polar surface area (TPSA) is 84.9 Å². The Hall–Kier alpha value is -3.46. The van der Waals surface area contributed by atoms with Gasteiger partial charge >= 0.3 is 0 Å². The zero-order valence-electron chi connectivity index (χ0n) is 21.9. The predicted octanol–water partition coefficient (Wildman–Crippen LogP) is 6.05. The maximum absolute atomic E-state index is 13.9. The van der Waals surface area contributed by atoms with Crippen LogP contribution in [0.2, 0.25) is 0 Å². The first-order valence-corrected chi connectivity index (χ1v) is 14.0. The lowest BCUT2D eigenvalue weighted by Gasteiger charge is -2.42. The van der Waals surface area contributed by atoms with E-state index in [1.54, 1.807) is 18.2 Å². The Morgan fingerprint density at radius 2 is 1.67 bits per heavy atom. The molecule has 5 rings (SSSR count). The van der Waals surface area contributed by atoms with Crippen LogP contribution < -0.4 is 14.8 Å². The highest BCUT2D eigenvalue weighted by molar-refractivity contribution is 9.10. The molecule has 0 aromatic heterocycles. The third-order valence-corrected chi connectivity index (χ3v) is 7.99. The molecular formula is C30H30BrFN2O5. The Morgan fingerprint density at radius 1 is 1.03 bits per heavy atom. The van der Waals surface area contributed by atoms with Crippen molar-refractivity contribution in [3.8, 4) is 11.5 Å². The summed E-state index contributed by atoms with van der Waals surface area (Å²) in [5, 5.41) is 2.50. The molecular weight excluding hydrogens is 567 g/mol. The van der Waals surface area contributed by atoms with Crippen molar-refractivity contribution in [2.24, 2.45) is 0 Å². The van der Waals surface area contributed by atoms with E-state index in [0.29, 0.717) is 46.6 Å². The molecule has 204 valence electrons. The maximum atomic E-state index is 13.9. The number of para-hydroxylation sites is 1. The molecule has 1 aliphatic heterocycles. The molecule has 0 saturated carbocycles. The van der Waals surface area contributed by atoms with Crippen molar-refractivity contribution in [2.75, 3.05) is 25.6 Å². The van der Waals surface area contributed by atoms with Gasteiger partial charge in [-0.2, -0.15) is 0 Å². The number of halogens is 2. The first kappa shape index (κ1) is 27.1. The number of amides is 1. The minimum absolute atomic E-state index is 0.0651. The van der Waals surface area contributed by atoms with Crippen molar-refractivity contribution in [3.63, 3.8) is 0 Å². The molecule has 0 unspecified atom stereocenters. The second-order valence-electron chi connectivity index (χ2n) is 9.85. The van der Waals surface area contributed by atoms with Gasteiger partial charge in [-0.15, -0.1) is 0 Å². The van der Waals surface area contributed by atoms with E-state index in [4.69, 9.17) is 9.47 Å². The molecule has 1 heterocycles. The van der Waals surface area contributed by atoms with Crippen molar-refractivity contribution in [2.45, 2.75) is 51.4 Å². The van der Waals surface area contributed by atoms with Crippen molar-refractivity contribution in [3.05, 3.63) is 74.8 Å². The Morgan fingerprint density at radius 3 is 2.28 bits per heavy atom. The summed E-state index contributed by atoms with van der Waals surface area (Å²) in [5.41, 5.74) is 4.17. The van der Waals surface area contributed by atoms with Gasteiger partial charge in [0.25, 0.3) is 5.91 Å². The van der Waals surface area contributed by atoms with E-state index in [1.807, 2.05) is 20.0 Å². The van der Waals surface area contributed by atoms with Gasteiger partial charge < -0.3 is 19.7 Å². The number of nitrogens with zero attached hydrogens (tertiary/aromatic N) is 1. The Kier molecular flexibility index (Phi) is 7.88. The maximum Gasteiger partial charge on any atom is 0.262 e. The quantitative estimate of drug-likeness (QED) is 0.419. The summed E-state index contributed by atoms with van der Waals surface area (Å²) in [5.74, 6) is -0.725. The highest BCUT2D eigenvalue weighted by Crippen LogP contribution is 2.50. The van der Waals surface area contributed by atoms with Gasteiger partial charge in [0.1, 0.15) is 5.82 Å². The third kappa shape index (κ3) is 5.24. The van der Waals surface area contributed by atoms with E-state index in [2.05, 4.69) is 26.1 Å². The fourth-order valence-electron chi connectivity index (χ4n) is 5.73. The molecule has 0 bridgehead atoms. The lowest BCUT2D eigenvalue weighted by molar-refractivity contribution is -0.118. The summed E-state index contributed by atoms with van der Waals surface area (Å²) < 4.78 is 26.2. The molecule has 2 aromatic carbocycles. The summed E-state index contributed by atoms with van der Waals surface area (Å²) in [6, 6.07) is 9.53. The van der Waals surface area contributed by atoms with E-state index < -0.39 is 17.6 Å². The predicted molar refractivity (Wildman–Crippen MR) is 148 cm³/mol. The van der Waals surface area contributed by atoms with Crippen LogP contribution in [-0.4, -0.2) is 42.6 Å². The van der Waals surface area contributed by atoms with Crippen LogP contribution in [0.5, 0.6) is 11.5 Å². The normalized spacial score (nSPS) is 17.7. The number of ether oxygens (including phenoxy) is 2. The summed E-state index contributed by atoms with van der Waals surface area (Å²) >= 11 is 3.57. The van der Waals surface area contributed by atoms with Gasteiger partial charge in [0.15, 0.2) is 29.7 Å². The van der Waals surface area contributed by atoms with Crippen molar-refractivity contribution < 1.29 is 28.2 Å². The number of allylic oxidation sites excluding steroid dienone is 4. The lowest BCUT2D eigenvalue weighted by Crippen LogP contribution is -2.37. The van der Waals surface area contributed by atoms with Gasteiger partial charge in [-0.05, 0) is 78.4 Å². The van der Waals surface area contributed by atoms with Crippen LogP contribution in [0.4, 0.5) is 10.1 Å². The second-order valence-corrected chi connectivity index (χ2v) is 10.7. The number of carbonyl (C=O) groups is 3. The van der Waals surface area contributed by atoms with Gasteiger partial charge in [-0.1, -0.05) is 12.1 Å². The van der Waals surface area contributed by atoms with Crippen LogP contribution in [0.15, 0.2) is 63.4 Å². The highest BCUT2D eigenvalue weighted by atomic mass is 79.9. The molecule has 0 spiro atoms. The lowest BCUT2D eigenvalue weighted by atomic mass is 9.71. The number of Topliss-reactive ketones (excluding diaryl/α,β-unsaturated/α-hetero) is 2. The SMILES string of the molecule is CCOc1cc(C2C3=C(CCCC3=O)N(C)C3=C2C(=O)CCC3)cc(Br)c1OCC(=O)Nc1ccccc1F. The molecule has 7 nitrogen and oxygen atoms in total. The highest BCUT2D eigenvalue weighted by Gasteiger charge is 2.42. The van der Waals surface area contributed by atoms with Gasteiger partial charge in [0.2, 0.25) is 0 Å². The summed E-state index contributed by atoms with van der Waals surface area (Å²) in [7, 11) is 1.96. The monoisotopic (exact) mass is 596 g/mol. The van der Waals surface area contributed by atoms with Crippen molar-refractivity contribution >= 4 is 39.1 Å². The fraction of sp³-hybridized carbons (Fsp3) is 0.367. The number of carbonyl (C=O) groups excluding carboxylic acids is 3. The van der Waals surface area contributed by atoms with Gasteiger partial charge in [-0.3, -0.25) is 14.4 Å². The minimum atomic E-state index is -0.540. The van der Waals surface area contributed by atoms with E-state index in [9.17, 15) is 18.8 Å². The number of ketones is 2. The van der Waals surface area contributed by atoms with E-state index in [-0.39, 0.29) is 23.9 Å². The van der Waals surface area contributed by atoms with E-state index in [1.165, 1.54) is 12.1 Å². The molecule has 0 fully saturated rings. The number of anilines is 1. The first-order valence-electron chi connectivity index (χ1n) is 13.2. The van der Waals surface area contributed by atoms with E-state index >= 15 is 0 Å².